The summed E-state index contributed by atoms with van der Waals surface area (Å²) in [4.78, 5) is 21.7. The molecule has 0 saturated carbocycles. The minimum Gasteiger partial charge on any atom is -0.350 e. The molecule has 0 bridgehead atoms. The van der Waals surface area contributed by atoms with Crippen LogP contribution in [0.2, 0.25) is 5.02 Å². The first-order valence-corrected chi connectivity index (χ1v) is 11.0. The molecule has 1 aromatic heterocycles. The smallest absolute Gasteiger partial charge is 0.293 e. The molecular weight excluding hydrogens is 414 g/mol. The molecule has 0 spiro atoms. The summed E-state index contributed by atoms with van der Waals surface area (Å²) in [7, 11) is 0. The highest BCUT2D eigenvalue weighted by molar-refractivity contribution is 6.30. The van der Waals surface area contributed by atoms with Crippen molar-refractivity contribution in [1.29, 1.82) is 0 Å². The van der Waals surface area contributed by atoms with Crippen molar-refractivity contribution in [2.45, 2.75) is 25.1 Å². The number of ether oxygens (including phenoxy) is 1. The molecule has 7 nitrogen and oxygen atoms in total. The van der Waals surface area contributed by atoms with E-state index in [0.717, 1.165) is 55.1 Å². The average molecular weight is 436 g/mol. The van der Waals surface area contributed by atoms with E-state index < -0.39 is 5.72 Å². The number of fused-ring (bicyclic) bond motifs is 5. The first-order valence-electron chi connectivity index (χ1n) is 10.7. The fourth-order valence-electron chi connectivity index (χ4n) is 5.00. The Kier molecular flexibility index (Phi) is 4.38. The SMILES string of the molecule is O=C(c1nc2n(n1)-c1ccc(Cl)cc1C1(c3ccccc3)OCCN1C2)N1CCCC1. The van der Waals surface area contributed by atoms with E-state index in [1.807, 2.05) is 41.3 Å². The molecule has 1 amide bonds. The third-order valence-corrected chi connectivity index (χ3v) is 6.66. The van der Waals surface area contributed by atoms with E-state index in [1.165, 1.54) is 0 Å². The molecule has 1 unspecified atom stereocenters. The molecule has 4 heterocycles. The highest BCUT2D eigenvalue weighted by atomic mass is 35.5. The van der Waals surface area contributed by atoms with Crippen molar-refractivity contribution in [3.8, 4) is 5.69 Å². The van der Waals surface area contributed by atoms with Gasteiger partial charge in [0.1, 0.15) is 5.82 Å². The molecule has 8 heteroatoms. The minimum absolute atomic E-state index is 0.0967. The largest absolute Gasteiger partial charge is 0.350 e. The van der Waals surface area contributed by atoms with Gasteiger partial charge in [-0.1, -0.05) is 41.9 Å². The fourth-order valence-corrected chi connectivity index (χ4v) is 5.18. The van der Waals surface area contributed by atoms with Gasteiger partial charge in [0.05, 0.1) is 18.8 Å². The molecule has 0 radical (unpaired) electrons. The molecule has 0 aliphatic carbocycles. The Labute approximate surface area is 185 Å². The van der Waals surface area contributed by atoms with E-state index in [2.05, 4.69) is 22.1 Å². The number of hydrogen-bond donors (Lipinski definition) is 0. The normalized spacial score (nSPS) is 22.7. The van der Waals surface area contributed by atoms with Gasteiger partial charge in [-0.2, -0.15) is 0 Å². The number of nitrogens with zero attached hydrogens (tertiary/aromatic N) is 5. The molecule has 6 rings (SSSR count). The summed E-state index contributed by atoms with van der Waals surface area (Å²) in [6.45, 7) is 3.39. The Morgan fingerprint density at radius 3 is 2.68 bits per heavy atom. The zero-order valence-electron chi connectivity index (χ0n) is 17.0. The van der Waals surface area contributed by atoms with Gasteiger partial charge in [0, 0.05) is 35.8 Å². The van der Waals surface area contributed by atoms with Crippen LogP contribution in [-0.2, 0) is 17.0 Å². The van der Waals surface area contributed by atoms with Crippen molar-refractivity contribution >= 4 is 17.5 Å². The first kappa shape index (κ1) is 19.0. The quantitative estimate of drug-likeness (QED) is 0.618. The molecule has 3 aliphatic heterocycles. The van der Waals surface area contributed by atoms with Crippen LogP contribution in [0.4, 0.5) is 0 Å². The van der Waals surface area contributed by atoms with Crippen LogP contribution in [0.3, 0.4) is 0 Å². The van der Waals surface area contributed by atoms with Crippen molar-refractivity contribution in [2.75, 3.05) is 26.2 Å². The summed E-state index contributed by atoms with van der Waals surface area (Å²) in [6, 6.07) is 15.9. The Hall–Kier alpha value is -2.74. The predicted molar refractivity (Wildman–Crippen MR) is 115 cm³/mol. The molecule has 158 valence electrons. The van der Waals surface area contributed by atoms with Gasteiger partial charge in [-0.05, 0) is 31.0 Å². The average Bonchev–Trinajstić information content (AvgIpc) is 3.54. The number of rotatable bonds is 2. The zero-order chi connectivity index (χ0) is 21.0. The van der Waals surface area contributed by atoms with Gasteiger partial charge in [0.25, 0.3) is 5.91 Å². The highest BCUT2D eigenvalue weighted by Crippen LogP contribution is 2.46. The summed E-state index contributed by atoms with van der Waals surface area (Å²) >= 11 is 6.46. The van der Waals surface area contributed by atoms with Gasteiger partial charge in [-0.25, -0.2) is 9.67 Å². The third-order valence-electron chi connectivity index (χ3n) is 6.43. The summed E-state index contributed by atoms with van der Waals surface area (Å²) in [5, 5.41) is 5.29. The molecule has 2 fully saturated rings. The second-order valence-corrected chi connectivity index (χ2v) is 8.64. The van der Waals surface area contributed by atoms with Crippen LogP contribution in [0.25, 0.3) is 5.69 Å². The van der Waals surface area contributed by atoms with Crippen LogP contribution < -0.4 is 0 Å². The lowest BCUT2D eigenvalue weighted by atomic mass is 9.92. The maximum absolute atomic E-state index is 13.0. The lowest BCUT2D eigenvalue weighted by Crippen LogP contribution is -2.42. The second-order valence-electron chi connectivity index (χ2n) is 8.20. The molecular formula is C23H22ClN5O2. The number of halogens is 1. The van der Waals surface area contributed by atoms with E-state index in [1.54, 1.807) is 4.68 Å². The van der Waals surface area contributed by atoms with Gasteiger partial charge in [0.15, 0.2) is 5.72 Å². The molecule has 3 aromatic rings. The van der Waals surface area contributed by atoms with Crippen LogP contribution in [0.15, 0.2) is 48.5 Å². The maximum Gasteiger partial charge on any atom is 0.293 e. The molecule has 3 aliphatic rings. The van der Waals surface area contributed by atoms with Gasteiger partial charge in [0.2, 0.25) is 5.82 Å². The summed E-state index contributed by atoms with van der Waals surface area (Å²) in [6.07, 6.45) is 2.07. The summed E-state index contributed by atoms with van der Waals surface area (Å²) in [5.74, 6) is 0.889. The third kappa shape index (κ3) is 2.84. The van der Waals surface area contributed by atoms with E-state index in [4.69, 9.17) is 21.3 Å². The molecule has 2 aromatic carbocycles. The number of carbonyl (C=O) groups is 1. The minimum atomic E-state index is -0.775. The summed E-state index contributed by atoms with van der Waals surface area (Å²) in [5.41, 5.74) is 2.01. The number of hydrogen-bond acceptors (Lipinski definition) is 5. The van der Waals surface area contributed by atoms with E-state index in [9.17, 15) is 4.79 Å². The van der Waals surface area contributed by atoms with Crippen LogP contribution in [0.5, 0.6) is 0 Å². The van der Waals surface area contributed by atoms with Crippen molar-refractivity contribution in [3.63, 3.8) is 0 Å². The predicted octanol–water partition coefficient (Wildman–Crippen LogP) is 3.20. The van der Waals surface area contributed by atoms with Crippen molar-refractivity contribution in [3.05, 3.63) is 76.3 Å². The van der Waals surface area contributed by atoms with Crippen LogP contribution in [0.1, 0.15) is 40.4 Å². The van der Waals surface area contributed by atoms with E-state index >= 15 is 0 Å². The number of aromatic nitrogens is 3. The summed E-state index contributed by atoms with van der Waals surface area (Å²) < 4.78 is 8.27. The monoisotopic (exact) mass is 435 g/mol. The van der Waals surface area contributed by atoms with Crippen LogP contribution >= 0.6 is 11.6 Å². The lowest BCUT2D eigenvalue weighted by molar-refractivity contribution is -0.0551. The first-order chi connectivity index (χ1) is 15.2. The van der Waals surface area contributed by atoms with Gasteiger partial charge in [-0.3, -0.25) is 9.69 Å². The molecule has 0 N–H and O–H groups in total. The number of benzene rings is 2. The molecule has 31 heavy (non-hydrogen) atoms. The Morgan fingerprint density at radius 2 is 1.87 bits per heavy atom. The second kappa shape index (κ2) is 7.15. The van der Waals surface area contributed by atoms with Gasteiger partial charge < -0.3 is 9.64 Å². The van der Waals surface area contributed by atoms with Gasteiger partial charge in [-0.15, -0.1) is 5.10 Å². The molecule has 1 atom stereocenters. The fraction of sp³-hybridized carbons (Fsp3) is 0.348. The highest BCUT2D eigenvalue weighted by Gasteiger charge is 2.49. The topological polar surface area (TPSA) is 63.5 Å². The van der Waals surface area contributed by atoms with Crippen LogP contribution in [0, 0.1) is 0 Å². The number of likely N-dealkylation sites (tertiary alicyclic amines) is 1. The van der Waals surface area contributed by atoms with Crippen molar-refractivity contribution in [1.82, 2.24) is 24.6 Å². The van der Waals surface area contributed by atoms with Crippen molar-refractivity contribution in [2.24, 2.45) is 0 Å². The number of amides is 1. The van der Waals surface area contributed by atoms with E-state index in [-0.39, 0.29) is 11.7 Å². The lowest BCUT2D eigenvalue weighted by Gasteiger charge is -2.37. The zero-order valence-corrected chi connectivity index (χ0v) is 17.8. The Balaban J connectivity index is 1.54. The Morgan fingerprint density at radius 1 is 1.06 bits per heavy atom. The molecule has 2 saturated heterocycles. The number of carbonyl (C=O) groups excluding carboxylic acids is 1. The maximum atomic E-state index is 13.0. The Bertz CT molecular complexity index is 1160. The standard InChI is InChI=1S/C23H22ClN5O2/c24-17-8-9-19-18(14-17)23(16-6-2-1-3-7-16)28(12-13-31-23)15-20-25-21(26-29(19)20)22(30)27-10-4-5-11-27/h1-3,6-9,14H,4-5,10-13,15H2. The van der Waals surface area contributed by atoms with E-state index in [0.29, 0.717) is 18.2 Å². The van der Waals surface area contributed by atoms with Crippen LogP contribution in [-0.4, -0.2) is 56.7 Å². The van der Waals surface area contributed by atoms with Crippen molar-refractivity contribution < 1.29 is 9.53 Å². The van der Waals surface area contributed by atoms with Gasteiger partial charge >= 0.3 is 0 Å².